The first-order chi connectivity index (χ1) is 14.7. The Morgan fingerprint density at radius 3 is 2.60 bits per heavy atom. The van der Waals surface area contributed by atoms with Gasteiger partial charge in [0.25, 0.3) is 0 Å². The lowest BCUT2D eigenvalue weighted by molar-refractivity contribution is 0.237. The summed E-state index contributed by atoms with van der Waals surface area (Å²) in [6, 6.07) is 14.8. The van der Waals surface area contributed by atoms with E-state index in [1.807, 2.05) is 6.07 Å². The highest BCUT2D eigenvalue weighted by Crippen LogP contribution is 2.30. The molecule has 30 heavy (non-hydrogen) atoms. The number of rotatable bonds is 5. The number of imidazole rings is 1. The van der Waals surface area contributed by atoms with Gasteiger partial charge in [-0.05, 0) is 75.2 Å². The third kappa shape index (κ3) is 3.77. The minimum Gasteiger partial charge on any atom is -0.368 e. The number of aryl methyl sites for hydroxylation is 2. The van der Waals surface area contributed by atoms with Crippen LogP contribution in [0.15, 0.2) is 42.5 Å². The van der Waals surface area contributed by atoms with Crippen molar-refractivity contribution in [2.45, 2.75) is 33.1 Å². The number of anilines is 1. The Hall–Kier alpha value is -2.92. The van der Waals surface area contributed by atoms with E-state index in [0.29, 0.717) is 0 Å². The molecule has 0 aliphatic carbocycles. The van der Waals surface area contributed by atoms with Crippen molar-refractivity contribution >= 4 is 27.8 Å². The van der Waals surface area contributed by atoms with Gasteiger partial charge in [0.15, 0.2) is 0 Å². The van der Waals surface area contributed by atoms with Gasteiger partial charge in [-0.25, -0.2) is 9.97 Å². The molecule has 0 bridgehead atoms. The van der Waals surface area contributed by atoms with Crippen LogP contribution in [0.25, 0.3) is 33.3 Å². The fourth-order valence-corrected chi connectivity index (χ4v) is 4.34. The number of para-hydroxylation sites is 1. The van der Waals surface area contributed by atoms with E-state index in [4.69, 9.17) is 9.97 Å². The summed E-state index contributed by atoms with van der Waals surface area (Å²) >= 11 is 0. The van der Waals surface area contributed by atoms with Gasteiger partial charge in [0.05, 0.1) is 22.1 Å². The molecule has 5 nitrogen and oxygen atoms in total. The van der Waals surface area contributed by atoms with E-state index < -0.39 is 0 Å². The van der Waals surface area contributed by atoms with Crippen LogP contribution in [0.1, 0.15) is 30.4 Å². The van der Waals surface area contributed by atoms with Crippen molar-refractivity contribution in [2.24, 2.45) is 0 Å². The second-order valence-corrected chi connectivity index (χ2v) is 8.45. The molecule has 2 aromatic carbocycles. The van der Waals surface area contributed by atoms with E-state index >= 15 is 0 Å². The molecule has 0 amide bonds. The van der Waals surface area contributed by atoms with Gasteiger partial charge in [-0.2, -0.15) is 0 Å². The number of nitrogens with zero attached hydrogens (tertiary/aromatic N) is 3. The molecular formula is C25H29N5. The minimum absolute atomic E-state index is 0.869. The number of piperidine rings is 1. The zero-order valence-corrected chi connectivity index (χ0v) is 17.8. The van der Waals surface area contributed by atoms with Crippen molar-refractivity contribution in [3.8, 4) is 11.4 Å². The molecule has 154 valence electrons. The lowest BCUT2D eigenvalue weighted by atomic mass is 10.1. The summed E-state index contributed by atoms with van der Waals surface area (Å²) in [5.74, 6) is 1.77. The second-order valence-electron chi connectivity index (χ2n) is 8.45. The van der Waals surface area contributed by atoms with Crippen molar-refractivity contribution in [3.63, 3.8) is 0 Å². The maximum absolute atomic E-state index is 4.95. The van der Waals surface area contributed by atoms with Crippen LogP contribution >= 0.6 is 0 Å². The third-order valence-electron chi connectivity index (χ3n) is 6.25. The monoisotopic (exact) mass is 399 g/mol. The van der Waals surface area contributed by atoms with E-state index in [1.165, 1.54) is 43.5 Å². The van der Waals surface area contributed by atoms with E-state index in [1.54, 1.807) is 0 Å². The van der Waals surface area contributed by atoms with Crippen LogP contribution in [-0.2, 0) is 0 Å². The molecule has 2 N–H and O–H groups in total. The quantitative estimate of drug-likeness (QED) is 0.479. The number of nitrogens with one attached hydrogen (secondary N) is 2. The number of pyridine rings is 1. The summed E-state index contributed by atoms with van der Waals surface area (Å²) in [6.07, 6.45) is 4.00. The van der Waals surface area contributed by atoms with E-state index in [9.17, 15) is 0 Å². The standard InChI is InChI=1S/C25H29N5/c1-17-14-22-23(15-18(17)2)29-25(28-22)20-16-19-8-4-5-9-21(19)27-24(20)26-10-13-30-11-6-3-7-12-30/h4-5,8-9,14-16H,3,6-7,10-13H2,1-2H3,(H,26,27)(H,28,29). The number of fused-ring (bicyclic) bond motifs is 2. The Morgan fingerprint density at radius 2 is 1.73 bits per heavy atom. The maximum atomic E-state index is 4.95. The zero-order valence-electron chi connectivity index (χ0n) is 17.8. The molecule has 4 aromatic rings. The highest BCUT2D eigenvalue weighted by Gasteiger charge is 2.15. The van der Waals surface area contributed by atoms with Crippen LogP contribution < -0.4 is 5.32 Å². The van der Waals surface area contributed by atoms with Crippen LogP contribution in [-0.4, -0.2) is 46.0 Å². The Kier molecular flexibility index (Phi) is 5.13. The second kappa shape index (κ2) is 8.07. The predicted molar refractivity (Wildman–Crippen MR) is 125 cm³/mol. The Balaban J connectivity index is 1.50. The van der Waals surface area contributed by atoms with Gasteiger partial charge in [-0.15, -0.1) is 0 Å². The number of likely N-dealkylation sites (tertiary alicyclic amines) is 1. The SMILES string of the molecule is Cc1cc2nc(-c3cc4ccccc4nc3NCCN3CCCCC3)[nH]c2cc1C. The van der Waals surface area contributed by atoms with E-state index in [0.717, 1.165) is 52.2 Å². The fourth-order valence-electron chi connectivity index (χ4n) is 4.34. The van der Waals surface area contributed by atoms with E-state index in [2.05, 4.69) is 65.4 Å². The average Bonchev–Trinajstić information content (AvgIpc) is 3.16. The molecule has 1 saturated heterocycles. The number of aromatic nitrogens is 3. The summed E-state index contributed by atoms with van der Waals surface area (Å²) < 4.78 is 0. The highest BCUT2D eigenvalue weighted by molar-refractivity contribution is 5.90. The third-order valence-corrected chi connectivity index (χ3v) is 6.25. The summed E-state index contributed by atoms with van der Waals surface area (Å²) in [6.45, 7) is 8.63. The molecule has 0 radical (unpaired) electrons. The highest BCUT2D eigenvalue weighted by atomic mass is 15.1. The first kappa shape index (κ1) is 19.1. The summed E-state index contributed by atoms with van der Waals surface area (Å²) in [5.41, 5.74) is 6.63. The number of hydrogen-bond donors (Lipinski definition) is 2. The molecule has 3 heterocycles. The van der Waals surface area contributed by atoms with Gasteiger partial charge in [0.1, 0.15) is 11.6 Å². The van der Waals surface area contributed by atoms with Gasteiger partial charge in [0.2, 0.25) is 0 Å². The van der Waals surface area contributed by atoms with Crippen molar-refractivity contribution < 1.29 is 0 Å². The molecule has 1 fully saturated rings. The van der Waals surface area contributed by atoms with Crippen molar-refractivity contribution in [1.82, 2.24) is 19.9 Å². The van der Waals surface area contributed by atoms with Crippen LogP contribution in [0.4, 0.5) is 5.82 Å². The summed E-state index contributed by atoms with van der Waals surface area (Å²) in [4.78, 5) is 15.9. The smallest absolute Gasteiger partial charge is 0.142 e. The molecular weight excluding hydrogens is 370 g/mol. The number of aromatic amines is 1. The first-order valence-corrected chi connectivity index (χ1v) is 11.0. The molecule has 0 spiro atoms. The topological polar surface area (TPSA) is 56.8 Å². The van der Waals surface area contributed by atoms with Gasteiger partial charge < -0.3 is 15.2 Å². The van der Waals surface area contributed by atoms with Crippen LogP contribution in [0.5, 0.6) is 0 Å². The molecule has 5 rings (SSSR count). The minimum atomic E-state index is 0.869. The van der Waals surface area contributed by atoms with Crippen molar-refractivity contribution in [1.29, 1.82) is 0 Å². The molecule has 0 unspecified atom stereocenters. The molecule has 1 aliphatic rings. The zero-order chi connectivity index (χ0) is 20.5. The van der Waals surface area contributed by atoms with Crippen LogP contribution in [0.2, 0.25) is 0 Å². The largest absolute Gasteiger partial charge is 0.368 e. The first-order valence-electron chi connectivity index (χ1n) is 11.0. The molecule has 5 heteroatoms. The van der Waals surface area contributed by atoms with Crippen LogP contribution in [0.3, 0.4) is 0 Å². The Bertz CT molecular complexity index is 1150. The molecule has 2 aromatic heterocycles. The van der Waals surface area contributed by atoms with Crippen molar-refractivity contribution in [3.05, 3.63) is 53.6 Å². The normalized spacial score (nSPS) is 15.1. The fraction of sp³-hybridized carbons (Fsp3) is 0.360. The van der Waals surface area contributed by atoms with Crippen molar-refractivity contribution in [2.75, 3.05) is 31.5 Å². The lowest BCUT2D eigenvalue weighted by Crippen LogP contribution is -2.33. The Labute approximate surface area is 177 Å². The average molecular weight is 400 g/mol. The summed E-state index contributed by atoms with van der Waals surface area (Å²) in [7, 11) is 0. The predicted octanol–water partition coefficient (Wildman–Crippen LogP) is 5.29. The lowest BCUT2D eigenvalue weighted by Gasteiger charge is -2.26. The number of H-pyrrole nitrogens is 1. The van der Waals surface area contributed by atoms with Crippen LogP contribution in [0, 0.1) is 13.8 Å². The van der Waals surface area contributed by atoms with Gasteiger partial charge in [-0.1, -0.05) is 24.6 Å². The summed E-state index contributed by atoms with van der Waals surface area (Å²) in [5, 5.41) is 4.73. The maximum Gasteiger partial charge on any atom is 0.142 e. The molecule has 1 aliphatic heterocycles. The van der Waals surface area contributed by atoms with Gasteiger partial charge in [0, 0.05) is 18.5 Å². The number of benzene rings is 2. The number of hydrogen-bond acceptors (Lipinski definition) is 4. The molecule has 0 atom stereocenters. The van der Waals surface area contributed by atoms with E-state index in [-0.39, 0.29) is 0 Å². The van der Waals surface area contributed by atoms with Gasteiger partial charge in [-0.3, -0.25) is 0 Å². The Morgan fingerprint density at radius 1 is 0.933 bits per heavy atom. The van der Waals surface area contributed by atoms with Gasteiger partial charge >= 0.3 is 0 Å². The molecule has 0 saturated carbocycles.